The van der Waals surface area contributed by atoms with E-state index >= 15 is 0 Å². The van der Waals surface area contributed by atoms with Crippen molar-refractivity contribution in [2.24, 2.45) is 10.2 Å². The Bertz CT molecular complexity index is 390. The van der Waals surface area contributed by atoms with Crippen LogP contribution in [0.2, 0.25) is 0 Å². The Labute approximate surface area is 88.1 Å². The first-order chi connectivity index (χ1) is 6.79. The summed E-state index contributed by atoms with van der Waals surface area (Å²) in [5.74, 6) is 0. The van der Waals surface area contributed by atoms with Crippen LogP contribution < -0.4 is 0 Å². The molecule has 2 rings (SSSR count). The van der Waals surface area contributed by atoms with Gasteiger partial charge >= 0.3 is 0 Å². The molecule has 2 nitrogen and oxygen atoms in total. The Kier molecular flexibility index (Phi) is 2.68. The third-order valence-corrected chi connectivity index (χ3v) is 2.92. The van der Waals surface area contributed by atoms with Crippen LogP contribution >= 0.6 is 11.8 Å². The molecule has 0 radical (unpaired) electrons. The zero-order valence-electron chi connectivity index (χ0n) is 8.32. The predicted molar refractivity (Wildman–Crippen MR) is 63.3 cm³/mol. The molecule has 0 bridgehead atoms. The highest BCUT2D eigenvalue weighted by atomic mass is 32.2. The Morgan fingerprint density at radius 3 is 2.43 bits per heavy atom. The lowest BCUT2D eigenvalue weighted by molar-refractivity contribution is 1.27. The lowest BCUT2D eigenvalue weighted by Crippen LogP contribution is -2.00. The summed E-state index contributed by atoms with van der Waals surface area (Å²) in [5, 5.41) is 9.37. The van der Waals surface area contributed by atoms with Gasteiger partial charge in [-0.2, -0.15) is 5.10 Å². The molecule has 3 heteroatoms. The molecule has 72 valence electrons. The molecule has 0 saturated heterocycles. The summed E-state index contributed by atoms with van der Waals surface area (Å²) in [4.78, 5) is 0. The largest absolute Gasteiger partial charge is 0.154 e. The van der Waals surface area contributed by atoms with E-state index in [1.165, 1.54) is 11.1 Å². The summed E-state index contributed by atoms with van der Waals surface area (Å²) in [6.45, 7) is 2.09. The summed E-state index contributed by atoms with van der Waals surface area (Å²) < 4.78 is 0. The van der Waals surface area contributed by atoms with Gasteiger partial charge in [-0.05, 0) is 18.7 Å². The highest BCUT2D eigenvalue weighted by molar-refractivity contribution is 8.13. The third-order valence-electron chi connectivity index (χ3n) is 2.22. The summed E-state index contributed by atoms with van der Waals surface area (Å²) in [7, 11) is 0. The van der Waals surface area contributed by atoms with E-state index in [2.05, 4.69) is 41.4 Å². The Balaban J connectivity index is 2.16. The fraction of sp³-hybridized carbons (Fsp3) is 0.273. The van der Waals surface area contributed by atoms with Crippen molar-refractivity contribution in [1.29, 1.82) is 0 Å². The number of nitrogens with zero attached hydrogens (tertiary/aromatic N) is 2. The normalized spacial score (nSPS) is 15.3. The number of aryl methyl sites for hydroxylation is 1. The van der Waals surface area contributed by atoms with Gasteiger partial charge < -0.3 is 0 Å². The van der Waals surface area contributed by atoms with Crippen LogP contribution in [0, 0.1) is 6.92 Å². The second kappa shape index (κ2) is 3.96. The monoisotopic (exact) mass is 204 g/mol. The van der Waals surface area contributed by atoms with E-state index in [0.29, 0.717) is 0 Å². The Hall–Kier alpha value is -1.09. The molecule has 0 spiro atoms. The molecule has 0 aliphatic carbocycles. The predicted octanol–water partition coefficient (Wildman–Crippen LogP) is 2.86. The van der Waals surface area contributed by atoms with E-state index in [1.807, 2.05) is 6.26 Å². The third kappa shape index (κ3) is 1.87. The molecule has 0 unspecified atom stereocenters. The SMILES string of the molecule is CSC1=NN=C(c2ccc(C)cc2)C1. The van der Waals surface area contributed by atoms with Gasteiger partial charge in [0.25, 0.3) is 0 Å². The van der Waals surface area contributed by atoms with Crippen molar-refractivity contribution in [3.63, 3.8) is 0 Å². The van der Waals surface area contributed by atoms with E-state index < -0.39 is 0 Å². The summed E-state index contributed by atoms with van der Waals surface area (Å²) in [6.07, 6.45) is 2.91. The van der Waals surface area contributed by atoms with E-state index in [-0.39, 0.29) is 0 Å². The molecule has 0 fully saturated rings. The van der Waals surface area contributed by atoms with Crippen LogP contribution in [-0.4, -0.2) is 17.0 Å². The lowest BCUT2D eigenvalue weighted by atomic mass is 10.1. The molecule has 14 heavy (non-hydrogen) atoms. The molecule has 0 saturated carbocycles. The maximum absolute atomic E-state index is 4.17. The number of hydrogen-bond acceptors (Lipinski definition) is 3. The van der Waals surface area contributed by atoms with Gasteiger partial charge in [0.05, 0.1) is 5.71 Å². The van der Waals surface area contributed by atoms with Crippen LogP contribution in [0.5, 0.6) is 0 Å². The van der Waals surface area contributed by atoms with Crippen LogP contribution in [0.3, 0.4) is 0 Å². The average molecular weight is 204 g/mol. The van der Waals surface area contributed by atoms with Crippen LogP contribution in [0.25, 0.3) is 0 Å². The minimum Gasteiger partial charge on any atom is -0.154 e. The average Bonchev–Trinajstić information content (AvgIpc) is 2.67. The quantitative estimate of drug-likeness (QED) is 0.690. The molecule has 0 amide bonds. The minimum absolute atomic E-state index is 0.879. The second-order valence-corrected chi connectivity index (χ2v) is 4.17. The van der Waals surface area contributed by atoms with Crippen LogP contribution in [0.15, 0.2) is 34.5 Å². The zero-order valence-corrected chi connectivity index (χ0v) is 9.14. The van der Waals surface area contributed by atoms with Gasteiger partial charge in [-0.15, -0.1) is 16.9 Å². The first-order valence-corrected chi connectivity index (χ1v) is 5.76. The van der Waals surface area contributed by atoms with Gasteiger partial charge in [-0.1, -0.05) is 29.8 Å². The van der Waals surface area contributed by atoms with Crippen molar-refractivity contribution in [2.75, 3.05) is 6.26 Å². The van der Waals surface area contributed by atoms with E-state index in [1.54, 1.807) is 11.8 Å². The van der Waals surface area contributed by atoms with Crippen molar-refractivity contribution in [1.82, 2.24) is 0 Å². The summed E-state index contributed by atoms with van der Waals surface area (Å²) in [6, 6.07) is 8.42. The van der Waals surface area contributed by atoms with Crippen LogP contribution in [0.1, 0.15) is 17.5 Å². The molecule has 1 aliphatic heterocycles. The van der Waals surface area contributed by atoms with E-state index in [0.717, 1.165) is 17.2 Å². The van der Waals surface area contributed by atoms with E-state index in [4.69, 9.17) is 0 Å². The maximum atomic E-state index is 4.17. The molecule has 0 N–H and O–H groups in total. The standard InChI is InChI=1S/C11H12N2S/c1-8-3-5-9(6-4-8)10-7-11(14-2)13-12-10/h3-6H,7H2,1-2H3. The van der Waals surface area contributed by atoms with Gasteiger partial charge in [0, 0.05) is 6.42 Å². The molecular weight excluding hydrogens is 192 g/mol. The molecule has 0 aromatic heterocycles. The van der Waals surface area contributed by atoms with Gasteiger partial charge in [-0.25, -0.2) is 0 Å². The van der Waals surface area contributed by atoms with Crippen molar-refractivity contribution in [2.45, 2.75) is 13.3 Å². The number of benzene rings is 1. The van der Waals surface area contributed by atoms with Gasteiger partial charge in [0.1, 0.15) is 5.04 Å². The topological polar surface area (TPSA) is 24.7 Å². The van der Waals surface area contributed by atoms with Gasteiger partial charge in [0.15, 0.2) is 0 Å². The number of rotatable bonds is 1. The van der Waals surface area contributed by atoms with Gasteiger partial charge in [0.2, 0.25) is 0 Å². The summed E-state index contributed by atoms with van der Waals surface area (Å²) >= 11 is 1.67. The maximum Gasteiger partial charge on any atom is 0.102 e. The van der Waals surface area contributed by atoms with E-state index in [9.17, 15) is 0 Å². The second-order valence-electron chi connectivity index (χ2n) is 3.29. The molecular formula is C11H12N2S. The number of hydrogen-bond donors (Lipinski definition) is 0. The highest BCUT2D eigenvalue weighted by Gasteiger charge is 2.12. The molecule has 0 atom stereocenters. The zero-order chi connectivity index (χ0) is 9.97. The Morgan fingerprint density at radius 1 is 1.14 bits per heavy atom. The van der Waals surface area contributed by atoms with Crippen molar-refractivity contribution >= 4 is 22.5 Å². The Morgan fingerprint density at radius 2 is 1.86 bits per heavy atom. The molecule has 1 aromatic rings. The highest BCUT2D eigenvalue weighted by Crippen LogP contribution is 2.17. The molecule has 1 aliphatic rings. The van der Waals surface area contributed by atoms with Crippen molar-refractivity contribution < 1.29 is 0 Å². The lowest BCUT2D eigenvalue weighted by Gasteiger charge is -2.00. The van der Waals surface area contributed by atoms with Crippen LogP contribution in [-0.2, 0) is 0 Å². The first kappa shape index (κ1) is 9.46. The fourth-order valence-electron chi connectivity index (χ4n) is 1.35. The molecule has 1 heterocycles. The fourth-order valence-corrected chi connectivity index (χ4v) is 1.75. The van der Waals surface area contributed by atoms with Crippen LogP contribution in [0.4, 0.5) is 0 Å². The van der Waals surface area contributed by atoms with Crippen molar-refractivity contribution in [3.8, 4) is 0 Å². The summed E-state index contributed by atoms with van der Waals surface area (Å²) in [5.41, 5.74) is 3.54. The van der Waals surface area contributed by atoms with Gasteiger partial charge in [-0.3, -0.25) is 0 Å². The smallest absolute Gasteiger partial charge is 0.102 e. The van der Waals surface area contributed by atoms with Crippen molar-refractivity contribution in [3.05, 3.63) is 35.4 Å². The molecule has 1 aromatic carbocycles. The number of thioether (sulfide) groups is 1. The first-order valence-electron chi connectivity index (χ1n) is 4.54. The minimum atomic E-state index is 0.879.